The Morgan fingerprint density at radius 3 is 2.75 bits per heavy atom. The molecule has 0 saturated carbocycles. The fraction of sp³-hybridized carbons (Fsp3) is 0.571. The molecule has 2 fully saturated rings. The Bertz CT molecular complexity index is 775. The van der Waals surface area contributed by atoms with Gasteiger partial charge >= 0.3 is 0 Å². The molecule has 3 heterocycles. The van der Waals surface area contributed by atoms with Crippen LogP contribution in [0.1, 0.15) is 53.6 Å². The Labute approximate surface area is 165 Å². The van der Waals surface area contributed by atoms with Crippen molar-refractivity contribution in [2.24, 2.45) is 5.92 Å². The predicted molar refractivity (Wildman–Crippen MR) is 104 cm³/mol. The van der Waals surface area contributed by atoms with Crippen LogP contribution in [-0.4, -0.2) is 48.3 Å². The van der Waals surface area contributed by atoms with E-state index in [1.54, 1.807) is 4.90 Å². The highest BCUT2D eigenvalue weighted by Gasteiger charge is 2.39. The lowest BCUT2D eigenvalue weighted by Gasteiger charge is -2.29. The van der Waals surface area contributed by atoms with Crippen molar-refractivity contribution in [3.05, 3.63) is 34.9 Å². The number of imide groups is 1. The summed E-state index contributed by atoms with van der Waals surface area (Å²) < 4.78 is 0. The van der Waals surface area contributed by atoms with Crippen molar-refractivity contribution < 1.29 is 14.4 Å². The maximum atomic E-state index is 13.0. The van der Waals surface area contributed by atoms with Crippen molar-refractivity contribution >= 4 is 17.7 Å². The zero-order valence-corrected chi connectivity index (χ0v) is 16.1. The third-order valence-corrected chi connectivity index (χ3v) is 6.04. The highest BCUT2D eigenvalue weighted by Crippen LogP contribution is 2.29. The summed E-state index contributed by atoms with van der Waals surface area (Å²) >= 11 is 0. The van der Waals surface area contributed by atoms with Crippen LogP contribution in [0, 0.1) is 5.92 Å². The highest BCUT2D eigenvalue weighted by molar-refractivity contribution is 6.05. The molecule has 1 atom stereocenters. The van der Waals surface area contributed by atoms with Crippen molar-refractivity contribution in [3.8, 4) is 0 Å². The molecule has 0 bridgehead atoms. The number of benzene rings is 1. The molecule has 3 aliphatic heterocycles. The second-order valence-corrected chi connectivity index (χ2v) is 8.05. The average Bonchev–Trinajstić information content (AvgIpc) is 2.97. The number of hydrogen-bond donors (Lipinski definition) is 3. The Kier molecular flexibility index (Phi) is 5.73. The Hall–Kier alpha value is -2.25. The van der Waals surface area contributed by atoms with E-state index in [0.717, 1.165) is 48.7 Å². The quantitative estimate of drug-likeness (QED) is 0.458. The summed E-state index contributed by atoms with van der Waals surface area (Å²) in [7, 11) is 0. The fourth-order valence-corrected chi connectivity index (χ4v) is 4.30. The van der Waals surface area contributed by atoms with Gasteiger partial charge in [0.25, 0.3) is 5.91 Å². The lowest BCUT2D eigenvalue weighted by Crippen LogP contribution is -2.52. The number of carbonyl (C=O) groups is 3. The monoisotopic (exact) mass is 384 g/mol. The second-order valence-electron chi connectivity index (χ2n) is 8.05. The molecular weight excluding hydrogens is 356 g/mol. The summed E-state index contributed by atoms with van der Waals surface area (Å²) in [5, 5.41) is 9.11. The molecule has 0 aromatic heterocycles. The molecule has 28 heavy (non-hydrogen) atoms. The summed E-state index contributed by atoms with van der Waals surface area (Å²) in [6, 6.07) is 5.35. The van der Waals surface area contributed by atoms with E-state index in [1.807, 2.05) is 18.2 Å². The highest BCUT2D eigenvalue weighted by atomic mass is 16.2. The van der Waals surface area contributed by atoms with E-state index in [1.165, 1.54) is 12.8 Å². The van der Waals surface area contributed by atoms with Gasteiger partial charge in [0.15, 0.2) is 0 Å². The normalized spacial score (nSPS) is 22.2. The number of hydrogen-bond acceptors (Lipinski definition) is 5. The minimum atomic E-state index is -0.556. The maximum absolute atomic E-state index is 13.0. The molecule has 1 aromatic rings. The number of rotatable bonds is 8. The first-order chi connectivity index (χ1) is 13.6. The van der Waals surface area contributed by atoms with Crippen LogP contribution in [0.5, 0.6) is 0 Å². The minimum Gasteiger partial charge on any atom is -0.322 e. The number of nitrogens with zero attached hydrogens (tertiary/aromatic N) is 1. The molecule has 0 aliphatic carbocycles. The molecule has 1 aromatic carbocycles. The van der Waals surface area contributed by atoms with Crippen molar-refractivity contribution in [3.63, 3.8) is 0 Å². The molecule has 3 aliphatic rings. The van der Waals surface area contributed by atoms with E-state index in [2.05, 4.69) is 16.0 Å². The van der Waals surface area contributed by atoms with Gasteiger partial charge in [-0.15, -0.1) is 0 Å². The molecule has 150 valence electrons. The average molecular weight is 384 g/mol. The van der Waals surface area contributed by atoms with Crippen molar-refractivity contribution in [1.82, 2.24) is 20.9 Å². The van der Waals surface area contributed by atoms with Crippen LogP contribution in [0.25, 0.3) is 0 Å². The van der Waals surface area contributed by atoms with Gasteiger partial charge in [-0.2, -0.15) is 0 Å². The first-order valence-electron chi connectivity index (χ1n) is 10.3. The molecule has 3 amide bonds. The van der Waals surface area contributed by atoms with Crippen molar-refractivity contribution in [2.45, 2.75) is 51.2 Å². The molecular formula is C21H28N4O3. The molecule has 3 N–H and O–H groups in total. The van der Waals surface area contributed by atoms with Gasteiger partial charge in [-0.25, -0.2) is 0 Å². The number of unbranched alkanes of at least 4 members (excludes halogenated alkanes) is 1. The van der Waals surface area contributed by atoms with Crippen LogP contribution < -0.4 is 16.0 Å². The van der Waals surface area contributed by atoms with Crippen LogP contribution in [0.15, 0.2) is 18.2 Å². The van der Waals surface area contributed by atoms with Gasteiger partial charge in [0.1, 0.15) is 6.04 Å². The Balaban J connectivity index is 1.32. The summed E-state index contributed by atoms with van der Waals surface area (Å²) in [6.45, 7) is 4.35. The van der Waals surface area contributed by atoms with E-state index in [-0.39, 0.29) is 24.1 Å². The first kappa shape index (κ1) is 19.1. The lowest BCUT2D eigenvalue weighted by atomic mass is 9.96. The van der Waals surface area contributed by atoms with E-state index in [9.17, 15) is 14.4 Å². The van der Waals surface area contributed by atoms with E-state index < -0.39 is 6.04 Å². The van der Waals surface area contributed by atoms with E-state index in [0.29, 0.717) is 19.5 Å². The molecule has 1 unspecified atom stereocenters. The summed E-state index contributed by atoms with van der Waals surface area (Å²) in [5.41, 5.74) is 2.67. The third-order valence-electron chi connectivity index (χ3n) is 6.04. The smallest absolute Gasteiger partial charge is 0.255 e. The van der Waals surface area contributed by atoms with Gasteiger partial charge in [-0.3, -0.25) is 19.7 Å². The van der Waals surface area contributed by atoms with Gasteiger partial charge in [0.05, 0.1) is 0 Å². The molecule has 0 radical (unpaired) electrons. The van der Waals surface area contributed by atoms with Gasteiger partial charge in [-0.1, -0.05) is 24.6 Å². The summed E-state index contributed by atoms with van der Waals surface area (Å²) in [6.07, 6.45) is 4.33. The lowest BCUT2D eigenvalue weighted by molar-refractivity contribution is -0.136. The topological polar surface area (TPSA) is 90.5 Å². The third kappa shape index (κ3) is 3.95. The predicted octanol–water partition coefficient (Wildman–Crippen LogP) is 0.927. The molecule has 7 heteroatoms. The number of nitrogens with one attached hydrogen (secondary N) is 3. The van der Waals surface area contributed by atoms with Crippen molar-refractivity contribution in [1.29, 1.82) is 0 Å². The van der Waals surface area contributed by atoms with Gasteiger partial charge in [-0.05, 0) is 55.9 Å². The largest absolute Gasteiger partial charge is 0.322 e. The van der Waals surface area contributed by atoms with E-state index >= 15 is 0 Å². The first-order valence-corrected chi connectivity index (χ1v) is 10.3. The second kappa shape index (κ2) is 8.41. The summed E-state index contributed by atoms with van der Waals surface area (Å²) in [4.78, 5) is 38.2. The summed E-state index contributed by atoms with van der Waals surface area (Å²) in [5.74, 6) is 0.135. The number of carbonyl (C=O) groups excluding carboxylic acids is 3. The standard InChI is InChI=1S/C21H28N4O3/c26-18-8-7-17(20(27)24-18)25-13-16-6-3-5-15(19(16)21(25)28)12-22-9-2-1-4-14-10-23-11-14/h3,5-6,14,17,22-23H,1-2,4,7-13H2,(H,24,26,27). The fourth-order valence-electron chi connectivity index (χ4n) is 4.30. The van der Waals surface area contributed by atoms with Gasteiger partial charge < -0.3 is 15.5 Å². The van der Waals surface area contributed by atoms with Crippen LogP contribution in [0.4, 0.5) is 0 Å². The van der Waals surface area contributed by atoms with Crippen molar-refractivity contribution in [2.75, 3.05) is 19.6 Å². The number of amides is 3. The molecule has 4 rings (SSSR count). The maximum Gasteiger partial charge on any atom is 0.255 e. The van der Waals surface area contributed by atoms with Gasteiger partial charge in [0.2, 0.25) is 11.8 Å². The van der Waals surface area contributed by atoms with Crippen LogP contribution in [-0.2, 0) is 22.7 Å². The Morgan fingerprint density at radius 1 is 1.14 bits per heavy atom. The SMILES string of the molecule is O=C1CCC(N2Cc3cccc(CNCCCCC4CNC4)c3C2=O)C(=O)N1. The number of piperidine rings is 1. The van der Waals surface area contributed by atoms with Crippen LogP contribution in [0.3, 0.4) is 0 Å². The van der Waals surface area contributed by atoms with Gasteiger partial charge in [0, 0.05) is 25.1 Å². The molecule has 0 spiro atoms. The minimum absolute atomic E-state index is 0.0978. The molecule has 2 saturated heterocycles. The van der Waals surface area contributed by atoms with Crippen LogP contribution >= 0.6 is 0 Å². The van der Waals surface area contributed by atoms with E-state index in [4.69, 9.17) is 0 Å². The zero-order valence-electron chi connectivity index (χ0n) is 16.1. The number of fused-ring (bicyclic) bond motifs is 1. The Morgan fingerprint density at radius 2 is 2.00 bits per heavy atom. The molecule has 7 nitrogen and oxygen atoms in total. The zero-order chi connectivity index (χ0) is 19.5. The van der Waals surface area contributed by atoms with Crippen LogP contribution in [0.2, 0.25) is 0 Å².